The number of anilines is 3. The van der Waals surface area contributed by atoms with Crippen LogP contribution in [0.5, 0.6) is 0 Å². The fourth-order valence-electron chi connectivity index (χ4n) is 10.4. The smallest absolute Gasteiger partial charge is 0.0714 e. The zero-order valence-corrected chi connectivity index (χ0v) is 37.0. The van der Waals surface area contributed by atoms with Gasteiger partial charge in [0, 0.05) is 33.5 Å². The summed E-state index contributed by atoms with van der Waals surface area (Å²) in [5.74, 6) is 0. The van der Waals surface area contributed by atoms with Gasteiger partial charge >= 0.3 is 0 Å². The minimum Gasteiger partial charge on any atom is -0.310 e. The van der Waals surface area contributed by atoms with Crippen LogP contribution in [0.15, 0.2) is 206 Å². The Morgan fingerprint density at radius 2 is 0.937 bits per heavy atom. The van der Waals surface area contributed by atoms with Crippen LogP contribution in [0.4, 0.5) is 17.1 Å². The van der Waals surface area contributed by atoms with Crippen LogP contribution in [0.25, 0.3) is 49.4 Å². The van der Waals surface area contributed by atoms with Crippen molar-refractivity contribution in [2.45, 2.75) is 57.8 Å². The van der Waals surface area contributed by atoms with Gasteiger partial charge < -0.3 is 9.47 Å². The summed E-state index contributed by atoms with van der Waals surface area (Å²) >= 11 is 0. The van der Waals surface area contributed by atoms with E-state index in [-0.39, 0.29) is 10.8 Å². The molecule has 0 N–H and O–H groups in total. The van der Waals surface area contributed by atoms with Crippen LogP contribution in [-0.4, -0.2) is 4.57 Å². The van der Waals surface area contributed by atoms with Gasteiger partial charge in [0.1, 0.15) is 0 Å². The Balaban J connectivity index is 1.19. The minimum absolute atomic E-state index is 0.0156. The van der Waals surface area contributed by atoms with Crippen molar-refractivity contribution in [3.05, 3.63) is 240 Å². The highest BCUT2D eigenvalue weighted by molar-refractivity contribution is 6.11. The Hall–Kier alpha value is -7.16. The highest BCUT2D eigenvalue weighted by Gasteiger charge is 2.47. The number of aromatic nitrogens is 1. The van der Waals surface area contributed by atoms with Crippen LogP contribution in [-0.2, 0) is 16.2 Å². The van der Waals surface area contributed by atoms with E-state index < -0.39 is 5.41 Å². The Morgan fingerprint density at radius 1 is 0.397 bits per heavy atom. The molecule has 10 aromatic rings. The maximum absolute atomic E-state index is 2.50. The molecule has 0 atom stereocenters. The number of rotatable bonds is 6. The van der Waals surface area contributed by atoms with Crippen molar-refractivity contribution in [3.8, 4) is 16.8 Å². The highest BCUT2D eigenvalue weighted by Crippen LogP contribution is 2.59. The third-order valence-electron chi connectivity index (χ3n) is 13.5. The number of para-hydroxylation sites is 2. The maximum Gasteiger partial charge on any atom is 0.0714 e. The normalized spacial score (nSPS) is 13.4. The van der Waals surface area contributed by atoms with Gasteiger partial charge in [-0.1, -0.05) is 193 Å². The largest absolute Gasteiger partial charge is 0.310 e. The molecule has 0 fully saturated rings. The first-order valence-corrected chi connectivity index (χ1v) is 22.3. The van der Waals surface area contributed by atoms with Gasteiger partial charge in [-0.15, -0.1) is 0 Å². The zero-order valence-electron chi connectivity index (χ0n) is 37.0. The van der Waals surface area contributed by atoms with Crippen LogP contribution in [0.3, 0.4) is 0 Å². The van der Waals surface area contributed by atoms with Gasteiger partial charge in [0.25, 0.3) is 0 Å². The molecule has 63 heavy (non-hydrogen) atoms. The summed E-state index contributed by atoms with van der Waals surface area (Å²) in [6, 6.07) is 77.1. The van der Waals surface area contributed by atoms with Gasteiger partial charge in [-0.2, -0.15) is 0 Å². The van der Waals surface area contributed by atoms with E-state index in [1.54, 1.807) is 0 Å². The fourth-order valence-corrected chi connectivity index (χ4v) is 10.4. The molecule has 0 radical (unpaired) electrons. The Bertz CT molecular complexity index is 3270. The first-order chi connectivity index (χ1) is 30.5. The molecule has 9 aromatic carbocycles. The molecule has 0 bridgehead atoms. The van der Waals surface area contributed by atoms with E-state index in [4.69, 9.17) is 0 Å². The summed E-state index contributed by atoms with van der Waals surface area (Å²) in [5, 5.41) is 5.02. The minimum atomic E-state index is -0.547. The molecule has 0 aliphatic heterocycles. The molecule has 2 heteroatoms. The molecule has 1 heterocycles. The summed E-state index contributed by atoms with van der Waals surface area (Å²) in [6.07, 6.45) is 0. The van der Waals surface area contributed by atoms with Crippen molar-refractivity contribution in [1.82, 2.24) is 4.57 Å². The lowest BCUT2D eigenvalue weighted by molar-refractivity contribution is 0.568. The average molecular weight is 813 g/mol. The van der Waals surface area contributed by atoms with Crippen molar-refractivity contribution in [3.63, 3.8) is 0 Å². The molecule has 0 amide bonds. The van der Waals surface area contributed by atoms with Crippen LogP contribution in [0.2, 0.25) is 0 Å². The molecule has 1 aliphatic rings. The molecule has 0 saturated heterocycles. The van der Waals surface area contributed by atoms with Crippen LogP contribution in [0, 0.1) is 0 Å². The summed E-state index contributed by atoms with van der Waals surface area (Å²) in [6.45, 7) is 13.9. The molecule has 0 unspecified atom stereocenters. The quantitative estimate of drug-likeness (QED) is 0.162. The zero-order chi connectivity index (χ0) is 43.1. The molecular formula is C61H52N2. The molecule has 306 valence electrons. The lowest BCUT2D eigenvalue weighted by atomic mass is 9.67. The second-order valence-corrected chi connectivity index (χ2v) is 19.4. The molecular weight excluding hydrogens is 761 g/mol. The number of nitrogens with zero attached hydrogens (tertiary/aromatic N) is 2. The van der Waals surface area contributed by atoms with Crippen molar-refractivity contribution in [2.24, 2.45) is 0 Å². The maximum atomic E-state index is 2.50. The lowest BCUT2D eigenvalue weighted by Crippen LogP contribution is -2.28. The number of hydrogen-bond acceptors (Lipinski definition) is 1. The molecule has 2 nitrogen and oxygen atoms in total. The van der Waals surface area contributed by atoms with Crippen LogP contribution >= 0.6 is 0 Å². The number of hydrogen-bond donors (Lipinski definition) is 0. The molecule has 0 spiro atoms. The second kappa shape index (κ2) is 14.5. The van der Waals surface area contributed by atoms with Gasteiger partial charge in [0.2, 0.25) is 0 Å². The molecule has 11 rings (SSSR count). The third-order valence-corrected chi connectivity index (χ3v) is 13.5. The summed E-state index contributed by atoms with van der Waals surface area (Å²) in [7, 11) is 0. The molecule has 0 saturated carbocycles. The predicted molar refractivity (Wildman–Crippen MR) is 268 cm³/mol. The van der Waals surface area contributed by atoms with Crippen molar-refractivity contribution in [1.29, 1.82) is 0 Å². The second-order valence-electron chi connectivity index (χ2n) is 19.4. The van der Waals surface area contributed by atoms with E-state index in [1.165, 1.54) is 82.8 Å². The van der Waals surface area contributed by atoms with Gasteiger partial charge in [0.15, 0.2) is 0 Å². The van der Waals surface area contributed by atoms with E-state index in [2.05, 4.69) is 257 Å². The SMILES string of the molecule is CC(C)(C)c1cc(-n2c3ccccc3c3ccc(N(c4ccccc4)c4ccc5c(c4)C(c4ccccc4)(c4ccccc4)c4ccc6ccccc6c4-5)cc32)cc(C(C)(C)C)c1. The van der Waals surface area contributed by atoms with Crippen LogP contribution < -0.4 is 4.90 Å². The number of fused-ring (bicyclic) bond motifs is 8. The Kier molecular flexibility index (Phi) is 8.89. The van der Waals surface area contributed by atoms with E-state index in [0.29, 0.717) is 0 Å². The fraction of sp³-hybridized carbons (Fsp3) is 0.148. The van der Waals surface area contributed by atoms with E-state index in [0.717, 1.165) is 17.1 Å². The van der Waals surface area contributed by atoms with Crippen LogP contribution in [0.1, 0.15) is 74.9 Å². The lowest BCUT2D eigenvalue weighted by Gasteiger charge is -2.35. The highest BCUT2D eigenvalue weighted by atomic mass is 15.1. The first kappa shape index (κ1) is 38.7. The molecule has 1 aromatic heterocycles. The van der Waals surface area contributed by atoms with E-state index in [9.17, 15) is 0 Å². The summed E-state index contributed by atoms with van der Waals surface area (Å²) < 4.78 is 2.50. The number of benzene rings is 9. The van der Waals surface area contributed by atoms with Gasteiger partial charge in [0.05, 0.1) is 16.4 Å². The Labute approximate surface area is 371 Å². The Morgan fingerprint density at radius 3 is 1.59 bits per heavy atom. The van der Waals surface area contributed by atoms with Crippen molar-refractivity contribution < 1.29 is 0 Å². The van der Waals surface area contributed by atoms with E-state index in [1.807, 2.05) is 0 Å². The first-order valence-electron chi connectivity index (χ1n) is 22.3. The van der Waals surface area contributed by atoms with Gasteiger partial charge in [-0.3, -0.25) is 0 Å². The molecule has 1 aliphatic carbocycles. The monoisotopic (exact) mass is 812 g/mol. The third kappa shape index (κ3) is 6.15. The van der Waals surface area contributed by atoms with E-state index >= 15 is 0 Å². The van der Waals surface area contributed by atoms with Gasteiger partial charge in [-0.25, -0.2) is 0 Å². The standard InChI is InChI=1S/C61H52N2/c1-59(2,3)44-36-45(60(4,5)6)38-49(37-44)63-56-29-19-18-28-51(56)52-33-31-48(40-57(52)63)62(46-25-14-9-15-26-46)47-32-34-53-55(39-47)61(42-21-10-7-11-22-42,43-23-12-8-13-24-43)54-35-30-41-20-16-17-27-50(41)58(53)54/h7-40H,1-6H3. The summed E-state index contributed by atoms with van der Waals surface area (Å²) in [4.78, 5) is 2.45. The topological polar surface area (TPSA) is 8.17 Å². The predicted octanol–water partition coefficient (Wildman–Crippen LogP) is 16.4. The average Bonchev–Trinajstić information content (AvgIpc) is 3.80. The van der Waals surface area contributed by atoms with Crippen molar-refractivity contribution in [2.75, 3.05) is 4.90 Å². The summed E-state index contributed by atoms with van der Waals surface area (Å²) in [5.41, 5.74) is 16.7. The van der Waals surface area contributed by atoms with Crippen molar-refractivity contribution >= 4 is 49.6 Å². The van der Waals surface area contributed by atoms with Gasteiger partial charge in [-0.05, 0) is 121 Å².